The molecule has 0 aliphatic rings. The Morgan fingerprint density at radius 2 is 2.00 bits per heavy atom. The van der Waals surface area contributed by atoms with E-state index in [1.165, 1.54) is 0 Å². The topological polar surface area (TPSA) is 68.7 Å². The third-order valence-electron chi connectivity index (χ3n) is 3.89. The van der Waals surface area contributed by atoms with Crippen LogP contribution in [-0.2, 0) is 0 Å². The number of nitrogens with zero attached hydrogens (tertiary/aromatic N) is 1. The molecule has 1 aromatic heterocycles. The molecule has 0 saturated carbocycles. The monoisotopic (exact) mass is 307 g/mol. The number of aromatic nitrogens is 1. The number of hydrogen-bond donors (Lipinski definition) is 2. The highest BCUT2D eigenvalue weighted by molar-refractivity contribution is 5.82. The number of pyridine rings is 1. The molecule has 23 heavy (non-hydrogen) atoms. The van der Waals surface area contributed by atoms with E-state index in [0.717, 1.165) is 28.7 Å². The summed E-state index contributed by atoms with van der Waals surface area (Å²) in [5, 5.41) is 12.2. The van der Waals surface area contributed by atoms with Crippen molar-refractivity contribution in [3.63, 3.8) is 0 Å². The number of allylic oxidation sites excluding steroid dienone is 1. The van der Waals surface area contributed by atoms with Crippen molar-refractivity contribution in [1.29, 1.82) is 5.26 Å². The van der Waals surface area contributed by atoms with Crippen LogP contribution in [0, 0.1) is 25.2 Å². The van der Waals surface area contributed by atoms with Gasteiger partial charge in [0, 0.05) is 25.0 Å². The first kappa shape index (κ1) is 16.6. The van der Waals surface area contributed by atoms with Gasteiger partial charge in [-0.3, -0.25) is 4.79 Å². The Hall–Kier alpha value is -2.80. The molecule has 0 aliphatic heterocycles. The molecular formula is C19H21N3O. The number of nitrogens with one attached hydrogen (secondary N) is 2. The lowest BCUT2D eigenvalue weighted by atomic mass is 9.91. The van der Waals surface area contributed by atoms with Crippen molar-refractivity contribution < 1.29 is 0 Å². The largest absolute Gasteiger partial charge is 0.384 e. The van der Waals surface area contributed by atoms with Crippen molar-refractivity contribution in [2.75, 3.05) is 12.4 Å². The summed E-state index contributed by atoms with van der Waals surface area (Å²) in [4.78, 5) is 15.7. The minimum Gasteiger partial charge on any atom is -0.384 e. The van der Waals surface area contributed by atoms with E-state index in [1.54, 1.807) is 19.4 Å². The standard InChI is InChI=1S/C19H21N3O/c1-5-6-15(17-10-22-11-18(21-4)19(17)23)16-8-14(9-20)12(2)7-13(16)3/h6-8,10-11,21H,5H2,1-4H3,(H,22,23)/b15-6+. The fourth-order valence-corrected chi connectivity index (χ4v) is 2.70. The Bertz CT molecular complexity index is 854. The molecule has 0 amide bonds. The van der Waals surface area contributed by atoms with Crippen molar-refractivity contribution in [3.05, 3.63) is 68.6 Å². The van der Waals surface area contributed by atoms with Crippen LogP contribution in [0.4, 0.5) is 5.69 Å². The minimum atomic E-state index is -0.0515. The molecule has 0 bridgehead atoms. The smallest absolute Gasteiger partial charge is 0.212 e. The van der Waals surface area contributed by atoms with Gasteiger partial charge in [-0.25, -0.2) is 0 Å². The van der Waals surface area contributed by atoms with Crippen LogP contribution in [-0.4, -0.2) is 12.0 Å². The van der Waals surface area contributed by atoms with E-state index in [2.05, 4.69) is 16.4 Å². The predicted octanol–water partition coefficient (Wildman–Crippen LogP) is 3.75. The number of benzene rings is 1. The summed E-state index contributed by atoms with van der Waals surface area (Å²) in [5.74, 6) is 0. The predicted molar refractivity (Wildman–Crippen MR) is 94.6 cm³/mol. The maximum atomic E-state index is 12.6. The number of aromatic amines is 1. The number of anilines is 1. The van der Waals surface area contributed by atoms with Gasteiger partial charge in [0.05, 0.1) is 17.3 Å². The molecule has 0 aliphatic carbocycles. The molecule has 0 saturated heterocycles. The van der Waals surface area contributed by atoms with E-state index in [1.807, 2.05) is 39.0 Å². The molecule has 0 spiro atoms. The first-order valence-corrected chi connectivity index (χ1v) is 7.64. The SMILES string of the molecule is CC/C=C(\c1cc(C#N)c(C)cc1C)c1c[nH]cc(NC)c1=O. The molecular weight excluding hydrogens is 286 g/mol. The Labute approximate surface area is 136 Å². The van der Waals surface area contributed by atoms with Crippen LogP contribution in [0.3, 0.4) is 0 Å². The van der Waals surface area contributed by atoms with Gasteiger partial charge in [-0.2, -0.15) is 5.26 Å². The highest BCUT2D eigenvalue weighted by atomic mass is 16.1. The summed E-state index contributed by atoms with van der Waals surface area (Å²) < 4.78 is 0. The van der Waals surface area contributed by atoms with Crippen LogP contribution in [0.15, 0.2) is 35.4 Å². The molecule has 118 valence electrons. The Kier molecular flexibility index (Phi) is 5.02. The summed E-state index contributed by atoms with van der Waals surface area (Å²) in [6, 6.07) is 6.09. The van der Waals surface area contributed by atoms with Crippen molar-refractivity contribution in [2.45, 2.75) is 27.2 Å². The van der Waals surface area contributed by atoms with Gasteiger partial charge in [-0.1, -0.05) is 19.1 Å². The fraction of sp³-hybridized carbons (Fsp3) is 0.263. The zero-order valence-corrected chi connectivity index (χ0v) is 13.9. The molecule has 0 radical (unpaired) electrons. The van der Waals surface area contributed by atoms with Crippen LogP contribution in [0.2, 0.25) is 0 Å². The second-order valence-electron chi connectivity index (χ2n) is 5.48. The number of aryl methyl sites for hydroxylation is 2. The van der Waals surface area contributed by atoms with Crippen LogP contribution >= 0.6 is 0 Å². The zero-order chi connectivity index (χ0) is 17.0. The quantitative estimate of drug-likeness (QED) is 0.904. The van der Waals surface area contributed by atoms with Gasteiger partial charge in [0.1, 0.15) is 0 Å². The Morgan fingerprint density at radius 1 is 1.26 bits per heavy atom. The van der Waals surface area contributed by atoms with Gasteiger partial charge in [-0.15, -0.1) is 0 Å². The summed E-state index contributed by atoms with van der Waals surface area (Å²) >= 11 is 0. The van der Waals surface area contributed by atoms with Crippen LogP contribution in [0.5, 0.6) is 0 Å². The molecule has 0 fully saturated rings. The van der Waals surface area contributed by atoms with E-state index in [-0.39, 0.29) is 5.43 Å². The van der Waals surface area contributed by atoms with Gasteiger partial charge < -0.3 is 10.3 Å². The summed E-state index contributed by atoms with van der Waals surface area (Å²) in [6.07, 6.45) is 6.20. The molecule has 0 unspecified atom stereocenters. The average Bonchev–Trinajstić information content (AvgIpc) is 2.54. The molecule has 4 nitrogen and oxygen atoms in total. The maximum Gasteiger partial charge on any atom is 0.212 e. The third-order valence-corrected chi connectivity index (χ3v) is 3.89. The normalized spacial score (nSPS) is 11.2. The lowest BCUT2D eigenvalue weighted by Crippen LogP contribution is -2.14. The van der Waals surface area contributed by atoms with E-state index in [0.29, 0.717) is 16.8 Å². The molecule has 2 rings (SSSR count). The van der Waals surface area contributed by atoms with Gasteiger partial charge in [0.25, 0.3) is 0 Å². The molecule has 1 heterocycles. The van der Waals surface area contributed by atoms with Gasteiger partial charge in [0.2, 0.25) is 5.43 Å². The third kappa shape index (κ3) is 3.19. The van der Waals surface area contributed by atoms with Crippen molar-refractivity contribution >= 4 is 11.3 Å². The van der Waals surface area contributed by atoms with Crippen molar-refractivity contribution in [1.82, 2.24) is 4.98 Å². The molecule has 2 N–H and O–H groups in total. The highest BCUT2D eigenvalue weighted by Crippen LogP contribution is 2.27. The Morgan fingerprint density at radius 3 is 2.61 bits per heavy atom. The first-order valence-electron chi connectivity index (χ1n) is 7.64. The van der Waals surface area contributed by atoms with Crippen molar-refractivity contribution in [2.24, 2.45) is 0 Å². The molecule has 0 atom stereocenters. The second kappa shape index (κ2) is 6.97. The number of H-pyrrole nitrogens is 1. The highest BCUT2D eigenvalue weighted by Gasteiger charge is 2.14. The van der Waals surface area contributed by atoms with E-state index in [9.17, 15) is 10.1 Å². The van der Waals surface area contributed by atoms with E-state index in [4.69, 9.17) is 0 Å². The second-order valence-corrected chi connectivity index (χ2v) is 5.48. The van der Waals surface area contributed by atoms with Gasteiger partial charge >= 0.3 is 0 Å². The first-order chi connectivity index (χ1) is 11.0. The lowest BCUT2D eigenvalue weighted by Gasteiger charge is -2.14. The lowest BCUT2D eigenvalue weighted by molar-refractivity contribution is 1.20. The van der Waals surface area contributed by atoms with Crippen LogP contribution < -0.4 is 10.7 Å². The number of nitriles is 1. The van der Waals surface area contributed by atoms with Gasteiger partial charge in [-0.05, 0) is 48.6 Å². The number of hydrogen-bond acceptors (Lipinski definition) is 3. The summed E-state index contributed by atoms with van der Waals surface area (Å²) in [7, 11) is 1.72. The Balaban J connectivity index is 2.74. The van der Waals surface area contributed by atoms with E-state index >= 15 is 0 Å². The van der Waals surface area contributed by atoms with Crippen molar-refractivity contribution in [3.8, 4) is 6.07 Å². The summed E-state index contributed by atoms with van der Waals surface area (Å²) in [5.41, 5.74) is 5.49. The van der Waals surface area contributed by atoms with E-state index < -0.39 is 0 Å². The van der Waals surface area contributed by atoms with Crippen LogP contribution in [0.25, 0.3) is 5.57 Å². The molecule has 2 aromatic rings. The average molecular weight is 307 g/mol. The fourth-order valence-electron chi connectivity index (χ4n) is 2.70. The zero-order valence-electron chi connectivity index (χ0n) is 13.9. The van der Waals surface area contributed by atoms with Crippen LogP contribution in [0.1, 0.15) is 41.2 Å². The molecule has 1 aromatic carbocycles. The number of rotatable bonds is 4. The van der Waals surface area contributed by atoms with Gasteiger partial charge in [0.15, 0.2) is 0 Å². The maximum absolute atomic E-state index is 12.6. The summed E-state index contributed by atoms with van der Waals surface area (Å²) in [6.45, 7) is 5.96. The molecule has 4 heteroatoms. The minimum absolute atomic E-state index is 0.0515.